The standard InChI is InChI=1S/C19H22N2O4S/c1-25-16-8-9-18-14(11-16)5-4-10-21(18)19(22)13-20-15-6-3-7-17(12-15)26(2,23)24/h3,6-9,11-12,20H,4-5,10,13H2,1-2H3. The van der Waals surface area contributed by atoms with Crippen molar-refractivity contribution >= 4 is 27.1 Å². The molecule has 0 aliphatic carbocycles. The first-order valence-electron chi connectivity index (χ1n) is 8.40. The Labute approximate surface area is 153 Å². The van der Waals surface area contributed by atoms with Crippen molar-refractivity contribution < 1.29 is 17.9 Å². The van der Waals surface area contributed by atoms with E-state index in [1.807, 2.05) is 18.2 Å². The average Bonchev–Trinajstić information content (AvgIpc) is 2.64. The highest BCUT2D eigenvalue weighted by Gasteiger charge is 2.22. The number of nitrogens with zero attached hydrogens (tertiary/aromatic N) is 1. The Bertz CT molecular complexity index is 925. The van der Waals surface area contributed by atoms with Crippen molar-refractivity contribution in [3.05, 3.63) is 48.0 Å². The number of hydrogen-bond donors (Lipinski definition) is 1. The molecule has 138 valence electrons. The van der Waals surface area contributed by atoms with E-state index in [9.17, 15) is 13.2 Å². The Morgan fingerprint density at radius 2 is 2.04 bits per heavy atom. The second-order valence-electron chi connectivity index (χ2n) is 6.30. The van der Waals surface area contributed by atoms with Gasteiger partial charge in [0.1, 0.15) is 5.75 Å². The highest BCUT2D eigenvalue weighted by Crippen LogP contribution is 2.30. The van der Waals surface area contributed by atoms with E-state index in [4.69, 9.17) is 4.74 Å². The van der Waals surface area contributed by atoms with Gasteiger partial charge in [-0.05, 0) is 54.8 Å². The lowest BCUT2D eigenvalue weighted by Gasteiger charge is -2.30. The van der Waals surface area contributed by atoms with Crippen LogP contribution in [0.3, 0.4) is 0 Å². The second-order valence-corrected chi connectivity index (χ2v) is 8.31. The smallest absolute Gasteiger partial charge is 0.246 e. The molecule has 0 radical (unpaired) electrons. The van der Waals surface area contributed by atoms with Crippen LogP contribution in [-0.4, -0.2) is 40.8 Å². The fourth-order valence-electron chi connectivity index (χ4n) is 3.07. The summed E-state index contributed by atoms with van der Waals surface area (Å²) in [5.41, 5.74) is 2.62. The van der Waals surface area contributed by atoms with Crippen LogP contribution in [0, 0.1) is 0 Å². The van der Waals surface area contributed by atoms with Crippen LogP contribution in [0.4, 0.5) is 11.4 Å². The molecule has 1 amide bonds. The van der Waals surface area contributed by atoms with Crippen molar-refractivity contribution in [1.82, 2.24) is 0 Å². The lowest BCUT2D eigenvalue weighted by Crippen LogP contribution is -2.39. The van der Waals surface area contributed by atoms with Crippen LogP contribution in [0.5, 0.6) is 5.75 Å². The first-order chi connectivity index (χ1) is 12.4. The normalized spacial score (nSPS) is 13.8. The number of anilines is 2. The summed E-state index contributed by atoms with van der Waals surface area (Å²) in [6.45, 7) is 0.766. The minimum Gasteiger partial charge on any atom is -0.497 e. The van der Waals surface area contributed by atoms with Gasteiger partial charge < -0.3 is 15.0 Å². The molecule has 2 aromatic carbocycles. The molecule has 0 aromatic heterocycles. The fraction of sp³-hybridized carbons (Fsp3) is 0.316. The van der Waals surface area contributed by atoms with Gasteiger partial charge >= 0.3 is 0 Å². The number of sulfone groups is 1. The molecule has 2 aromatic rings. The number of ether oxygens (including phenoxy) is 1. The van der Waals surface area contributed by atoms with Gasteiger partial charge in [0.15, 0.2) is 9.84 Å². The van der Waals surface area contributed by atoms with Gasteiger partial charge in [0, 0.05) is 24.2 Å². The molecule has 0 atom stereocenters. The molecule has 0 fully saturated rings. The van der Waals surface area contributed by atoms with Crippen LogP contribution in [-0.2, 0) is 21.1 Å². The lowest BCUT2D eigenvalue weighted by molar-refractivity contribution is -0.117. The zero-order chi connectivity index (χ0) is 18.7. The van der Waals surface area contributed by atoms with Gasteiger partial charge in [-0.2, -0.15) is 0 Å². The van der Waals surface area contributed by atoms with E-state index in [1.54, 1.807) is 24.1 Å². The number of fused-ring (bicyclic) bond motifs is 1. The van der Waals surface area contributed by atoms with E-state index in [1.165, 1.54) is 12.1 Å². The van der Waals surface area contributed by atoms with Crippen LogP contribution in [0.15, 0.2) is 47.4 Å². The summed E-state index contributed by atoms with van der Waals surface area (Å²) in [6, 6.07) is 12.2. The number of nitrogens with one attached hydrogen (secondary N) is 1. The Balaban J connectivity index is 1.72. The molecular weight excluding hydrogens is 352 g/mol. The minimum atomic E-state index is -3.28. The molecule has 1 heterocycles. The molecule has 0 bridgehead atoms. The zero-order valence-electron chi connectivity index (χ0n) is 14.9. The number of methoxy groups -OCH3 is 1. The van der Waals surface area contributed by atoms with E-state index >= 15 is 0 Å². The van der Waals surface area contributed by atoms with Gasteiger partial charge in [-0.25, -0.2) is 8.42 Å². The number of rotatable bonds is 5. The van der Waals surface area contributed by atoms with Gasteiger partial charge in [-0.3, -0.25) is 4.79 Å². The molecule has 1 aliphatic rings. The summed E-state index contributed by atoms with van der Waals surface area (Å²) >= 11 is 0. The SMILES string of the molecule is COc1ccc2c(c1)CCCN2C(=O)CNc1cccc(S(C)(=O)=O)c1. The van der Waals surface area contributed by atoms with Crippen LogP contribution >= 0.6 is 0 Å². The molecule has 0 saturated carbocycles. The largest absolute Gasteiger partial charge is 0.497 e. The maximum absolute atomic E-state index is 12.7. The first kappa shape index (κ1) is 18.3. The third kappa shape index (κ3) is 3.99. The molecule has 1 N–H and O–H groups in total. The Morgan fingerprint density at radius 1 is 1.23 bits per heavy atom. The Morgan fingerprint density at radius 3 is 2.77 bits per heavy atom. The number of hydrogen-bond acceptors (Lipinski definition) is 5. The molecule has 26 heavy (non-hydrogen) atoms. The minimum absolute atomic E-state index is 0.0547. The molecule has 0 unspecified atom stereocenters. The van der Waals surface area contributed by atoms with Crippen molar-refractivity contribution in [2.75, 3.05) is 36.7 Å². The lowest BCUT2D eigenvalue weighted by atomic mass is 10.0. The molecule has 7 heteroatoms. The van der Waals surface area contributed by atoms with Crippen molar-refractivity contribution in [2.45, 2.75) is 17.7 Å². The van der Waals surface area contributed by atoms with Gasteiger partial charge in [-0.15, -0.1) is 0 Å². The van der Waals surface area contributed by atoms with E-state index in [0.29, 0.717) is 12.2 Å². The predicted octanol–water partition coefficient (Wildman–Crippen LogP) is 2.49. The van der Waals surface area contributed by atoms with E-state index < -0.39 is 9.84 Å². The third-order valence-electron chi connectivity index (χ3n) is 4.41. The van der Waals surface area contributed by atoms with Crippen LogP contribution in [0.1, 0.15) is 12.0 Å². The topological polar surface area (TPSA) is 75.7 Å². The summed E-state index contributed by atoms with van der Waals surface area (Å²) in [4.78, 5) is 14.7. The van der Waals surface area contributed by atoms with E-state index in [-0.39, 0.29) is 17.3 Å². The molecular formula is C19H22N2O4S. The number of carbonyl (C=O) groups excluding carboxylic acids is 1. The number of carbonyl (C=O) groups is 1. The van der Waals surface area contributed by atoms with Crippen LogP contribution < -0.4 is 15.0 Å². The van der Waals surface area contributed by atoms with Crippen molar-refractivity contribution in [3.8, 4) is 5.75 Å². The van der Waals surface area contributed by atoms with Gasteiger partial charge in [0.05, 0.1) is 18.6 Å². The maximum Gasteiger partial charge on any atom is 0.246 e. The molecule has 3 rings (SSSR count). The summed E-state index contributed by atoms with van der Waals surface area (Å²) < 4.78 is 28.5. The summed E-state index contributed by atoms with van der Waals surface area (Å²) in [7, 11) is -1.65. The fourth-order valence-corrected chi connectivity index (χ4v) is 3.74. The highest BCUT2D eigenvalue weighted by atomic mass is 32.2. The molecule has 6 nitrogen and oxygen atoms in total. The highest BCUT2D eigenvalue weighted by molar-refractivity contribution is 7.90. The van der Waals surface area contributed by atoms with Crippen LogP contribution in [0.25, 0.3) is 0 Å². The summed E-state index contributed by atoms with van der Waals surface area (Å²) in [6.07, 6.45) is 2.98. The van der Waals surface area contributed by atoms with E-state index in [0.717, 1.165) is 36.1 Å². The first-order valence-corrected chi connectivity index (χ1v) is 10.3. The quantitative estimate of drug-likeness (QED) is 0.870. The van der Waals surface area contributed by atoms with Crippen LogP contribution in [0.2, 0.25) is 0 Å². The van der Waals surface area contributed by atoms with Crippen molar-refractivity contribution in [2.24, 2.45) is 0 Å². The summed E-state index contributed by atoms with van der Waals surface area (Å²) in [5.74, 6) is 0.731. The maximum atomic E-state index is 12.7. The van der Waals surface area contributed by atoms with Crippen molar-refractivity contribution in [3.63, 3.8) is 0 Å². The second kappa shape index (κ2) is 7.37. The Kier molecular flexibility index (Phi) is 5.18. The number of aryl methyl sites for hydroxylation is 1. The Hall–Kier alpha value is -2.54. The predicted molar refractivity (Wildman–Crippen MR) is 102 cm³/mol. The van der Waals surface area contributed by atoms with Gasteiger partial charge in [0.2, 0.25) is 5.91 Å². The third-order valence-corrected chi connectivity index (χ3v) is 5.52. The van der Waals surface area contributed by atoms with E-state index in [2.05, 4.69) is 5.32 Å². The zero-order valence-corrected chi connectivity index (χ0v) is 15.7. The van der Waals surface area contributed by atoms with Gasteiger partial charge in [0.25, 0.3) is 0 Å². The molecule has 0 spiro atoms. The van der Waals surface area contributed by atoms with Gasteiger partial charge in [-0.1, -0.05) is 6.07 Å². The van der Waals surface area contributed by atoms with Crippen molar-refractivity contribution in [1.29, 1.82) is 0 Å². The number of amides is 1. The molecule has 1 aliphatic heterocycles. The molecule has 0 saturated heterocycles. The average molecular weight is 374 g/mol. The monoisotopic (exact) mass is 374 g/mol. The summed E-state index contributed by atoms with van der Waals surface area (Å²) in [5, 5.41) is 3.03. The number of benzene rings is 2.